The molecule has 2 aromatic heterocycles. The van der Waals surface area contributed by atoms with Crippen molar-refractivity contribution >= 4 is 107 Å². The van der Waals surface area contributed by atoms with Crippen LogP contribution in [0.3, 0.4) is 0 Å². The van der Waals surface area contributed by atoms with E-state index in [1.165, 1.54) is 7.11 Å². The van der Waals surface area contributed by atoms with E-state index < -0.39 is 29.5 Å². The van der Waals surface area contributed by atoms with E-state index in [-0.39, 0.29) is 36.7 Å². The standard InChI is InChI=1S/C54H70N6O7S.In/c1-8-37-31(3)41-26-43-33(5)39(20-17-23-67-30-61)52(58-43)40(25-49(64)66-7)53-50(34(6)44(59-53)28-46-38(9-2)32(4)42(57-46)27-45(37)56-41)54(65)55-22-16-12-10-11-13-18-36(62)19-14-15-21-47-51-35(29-68-47)24-48(63)60-51;/h8,26-28,30,33,35,39,47,51H,1,9-25,29H2,2-7H3,(H4,55,56,57,58,59,60,63,65);/q;+2/p-2/t33-,35?,39-,47-,51?;/m0./s1. The van der Waals surface area contributed by atoms with Crippen molar-refractivity contribution in [2.45, 2.75) is 142 Å². The Morgan fingerprint density at radius 1 is 0.957 bits per heavy atom. The molecule has 2 saturated heterocycles. The predicted octanol–water partition coefficient (Wildman–Crippen LogP) is 7.34. The van der Waals surface area contributed by atoms with Crippen molar-refractivity contribution in [1.82, 2.24) is 15.7 Å². The molecule has 6 aliphatic heterocycles. The zero-order valence-electron chi connectivity index (χ0n) is 41.3. The van der Waals surface area contributed by atoms with Crippen molar-refractivity contribution in [2.75, 3.05) is 26.0 Å². The molecule has 2 unspecified atom stereocenters. The minimum atomic E-state index is -2.26. The Morgan fingerprint density at radius 2 is 1.72 bits per heavy atom. The molecule has 8 rings (SSSR count). The summed E-state index contributed by atoms with van der Waals surface area (Å²) in [7, 11) is 1.40. The third-order valence-corrected chi connectivity index (χ3v) is 21.3. The van der Waals surface area contributed by atoms with Crippen LogP contribution in [-0.4, -0.2) is 107 Å². The van der Waals surface area contributed by atoms with Crippen molar-refractivity contribution in [1.29, 1.82) is 0 Å². The number of ether oxygens (including phenoxy) is 2. The molecule has 0 saturated carbocycles. The molecule has 6 bridgehead atoms. The number of aliphatic imine (C=N–C) groups is 2. The van der Waals surface area contributed by atoms with Gasteiger partial charge in [-0.1, -0.05) is 6.42 Å². The zero-order valence-corrected chi connectivity index (χ0v) is 45.5. The normalized spacial score (nSPS) is 21.9. The molecule has 2 fully saturated rings. The molecule has 13 nitrogen and oxygen atoms in total. The molecule has 8 heterocycles. The Bertz CT molecular complexity index is 2720. The van der Waals surface area contributed by atoms with Crippen molar-refractivity contribution in [3.05, 3.63) is 73.5 Å². The van der Waals surface area contributed by atoms with E-state index in [9.17, 15) is 19.2 Å². The van der Waals surface area contributed by atoms with E-state index in [1.807, 2.05) is 24.8 Å². The van der Waals surface area contributed by atoms with Gasteiger partial charge in [0.2, 0.25) is 5.91 Å². The number of esters is 1. The van der Waals surface area contributed by atoms with Crippen molar-refractivity contribution in [3.63, 3.8) is 0 Å². The van der Waals surface area contributed by atoms with Gasteiger partial charge in [0.1, 0.15) is 5.78 Å². The number of thioether (sulfide) groups is 1. The Hall–Kier alpha value is -4.63. The number of methoxy groups -OCH3 is 1. The number of carbonyl (C=O) groups excluding carboxylic acids is 5. The summed E-state index contributed by atoms with van der Waals surface area (Å²) in [6, 6.07) is 0.318. The second-order valence-corrected chi connectivity index (χ2v) is 24.4. The first-order chi connectivity index (χ1) is 33.4. The fourth-order valence-electron chi connectivity index (χ4n) is 11.4. The average molecular weight is 1060 g/mol. The third-order valence-electron chi connectivity index (χ3n) is 15.3. The van der Waals surface area contributed by atoms with Gasteiger partial charge in [-0.05, 0) is 24.5 Å². The molecule has 5 atom stereocenters. The zero-order chi connectivity index (χ0) is 48.9. The first-order valence-electron chi connectivity index (χ1n) is 25.2. The van der Waals surface area contributed by atoms with Gasteiger partial charge >= 0.3 is 332 Å². The summed E-state index contributed by atoms with van der Waals surface area (Å²) in [4.78, 5) is 75.1. The summed E-state index contributed by atoms with van der Waals surface area (Å²) < 4.78 is 15.4. The van der Waals surface area contributed by atoms with Crippen LogP contribution < -0.4 is 21.3 Å². The minimum absolute atomic E-state index is 0.0369. The van der Waals surface area contributed by atoms with Crippen LogP contribution >= 0.6 is 11.8 Å². The number of allylic oxidation sites excluding steroid dienone is 3. The molecule has 6 aliphatic rings. The van der Waals surface area contributed by atoms with E-state index in [2.05, 4.69) is 68.2 Å². The Labute approximate surface area is 422 Å². The van der Waals surface area contributed by atoms with Gasteiger partial charge < -0.3 is 5.32 Å². The molecule has 0 aliphatic carbocycles. The molecule has 2 N–H and O–H groups in total. The quantitative estimate of drug-likeness (QED) is 0.0664. The Morgan fingerprint density at radius 3 is 2.48 bits per heavy atom. The maximum absolute atomic E-state index is 15.0. The van der Waals surface area contributed by atoms with E-state index >= 15 is 4.79 Å². The van der Waals surface area contributed by atoms with Gasteiger partial charge in [-0.15, -0.1) is 0 Å². The number of hydrogen-bond acceptors (Lipinski definition) is 10. The van der Waals surface area contributed by atoms with E-state index in [0.29, 0.717) is 79.3 Å². The summed E-state index contributed by atoms with van der Waals surface area (Å²) in [5, 5.41) is 9.05. The van der Waals surface area contributed by atoms with Gasteiger partial charge in [0.25, 0.3) is 0 Å². The summed E-state index contributed by atoms with van der Waals surface area (Å²) in [6.45, 7) is 16.2. The molecule has 2 amide bonds. The molecular weight excluding hydrogens is 992 g/mol. The third kappa shape index (κ3) is 10.6. The molecule has 0 spiro atoms. The molecule has 365 valence electrons. The molecule has 2 aromatic rings. The van der Waals surface area contributed by atoms with Crippen molar-refractivity contribution < 1.29 is 33.4 Å². The van der Waals surface area contributed by atoms with E-state index in [4.69, 9.17) is 19.5 Å². The monoisotopic (exact) mass is 1060 g/mol. The van der Waals surface area contributed by atoms with E-state index in [1.54, 1.807) is 0 Å². The number of carbonyl (C=O) groups is 5. The van der Waals surface area contributed by atoms with Crippen LogP contribution in [0.1, 0.15) is 156 Å². The Kier molecular flexibility index (Phi) is 16.6. The number of amides is 2. The number of unbranched alkanes of at least 4 members (excludes halogenated alkanes) is 5. The predicted molar refractivity (Wildman–Crippen MR) is 276 cm³/mol. The topological polar surface area (TPSA) is 162 Å². The number of ketones is 1. The maximum atomic E-state index is 15.0. The summed E-state index contributed by atoms with van der Waals surface area (Å²) in [5.74, 6) is 1.30. The molecule has 0 aromatic carbocycles. The van der Waals surface area contributed by atoms with Crippen molar-refractivity contribution in [3.8, 4) is 0 Å². The first-order valence-corrected chi connectivity index (χ1v) is 29.2. The van der Waals surface area contributed by atoms with E-state index in [0.717, 1.165) is 136 Å². The van der Waals surface area contributed by atoms with Gasteiger partial charge in [0.15, 0.2) is 0 Å². The SMILES string of the molecule is C=Cc1c(C)c2[n]3c1=CC1=NC(=Cc4c(C)c(C(=O)NCCCCCCCC(=O)CCCC[C@@H]5SCC6CC(=O)NC65)c([n]4[In]3)C(CC(=O)OC)=C3N=C(C=2)[C@@H](C)[C@@H]3CCCOC=O)C(CC)=C1C. The fourth-order valence-corrected chi connectivity index (χ4v) is 18.1. The molecule has 15 heteroatoms. The fraction of sp³-hybridized carbons (Fsp3) is 0.537. The van der Waals surface area contributed by atoms with Gasteiger partial charge in [-0.2, -0.15) is 11.8 Å². The van der Waals surface area contributed by atoms with Gasteiger partial charge in [-0.3, -0.25) is 9.59 Å². The van der Waals surface area contributed by atoms with Crippen LogP contribution in [0.5, 0.6) is 0 Å². The number of aromatic nitrogens is 2. The number of nitrogens with zero attached hydrogens (tertiary/aromatic N) is 4. The van der Waals surface area contributed by atoms with Crippen LogP contribution in [0.15, 0.2) is 39.1 Å². The number of rotatable bonds is 23. The van der Waals surface area contributed by atoms with Crippen LogP contribution in [0.4, 0.5) is 0 Å². The first kappa shape index (κ1) is 50.7. The average Bonchev–Trinajstić information content (AvgIpc) is 4.15. The number of hydrogen-bond donors (Lipinski definition) is 2. The second-order valence-electron chi connectivity index (χ2n) is 19.5. The summed E-state index contributed by atoms with van der Waals surface area (Å²) in [6.07, 6.45) is 19.9. The molecular formula is C54H68InN6O7S. The van der Waals surface area contributed by atoms with Gasteiger partial charge in [0, 0.05) is 24.1 Å². The molecule has 1 radical (unpaired) electrons. The number of nitrogens with one attached hydrogen (secondary N) is 2. The Balaban J connectivity index is 1.05. The number of Topliss-reactive ketones (excluding diaryl/α,β-unsaturated/α-hetero) is 1. The van der Waals surface area contributed by atoms with Crippen LogP contribution in [0, 0.1) is 31.6 Å². The van der Waals surface area contributed by atoms with Gasteiger partial charge in [0.05, 0.1) is 0 Å². The van der Waals surface area contributed by atoms with Crippen LogP contribution in [0.25, 0.3) is 29.9 Å². The van der Waals surface area contributed by atoms with Crippen LogP contribution in [0.2, 0.25) is 0 Å². The number of fused-ring (bicyclic) bond motifs is 3. The van der Waals surface area contributed by atoms with Crippen LogP contribution in [-0.2, 0) is 28.7 Å². The van der Waals surface area contributed by atoms with Crippen molar-refractivity contribution in [2.24, 2.45) is 27.7 Å². The van der Waals surface area contributed by atoms with Gasteiger partial charge in [-0.25, -0.2) is 0 Å². The summed E-state index contributed by atoms with van der Waals surface area (Å²) in [5.41, 5.74) is 11.6. The molecule has 69 heavy (non-hydrogen) atoms. The second kappa shape index (κ2) is 22.6. The summed E-state index contributed by atoms with van der Waals surface area (Å²) >= 11 is -0.278.